The zero-order chi connectivity index (χ0) is 28.8. The molecular weight excluding hydrogens is 563 g/mol. The number of methoxy groups -OCH3 is 3. The number of hydrogen-bond acceptors (Lipinski definition) is 9. The van der Waals surface area contributed by atoms with Crippen LogP contribution in [0, 0.1) is 0 Å². The molecule has 0 saturated carbocycles. The molecule has 2 saturated heterocycles. The average molecular weight is 602 g/mol. The van der Waals surface area contributed by atoms with Crippen molar-refractivity contribution >= 4 is 40.5 Å². The minimum absolute atomic E-state index is 0.485. The lowest BCUT2D eigenvalue weighted by Crippen LogP contribution is -2.52. The van der Waals surface area contributed by atoms with Gasteiger partial charge in [0.2, 0.25) is 5.95 Å². The van der Waals surface area contributed by atoms with Crippen molar-refractivity contribution in [1.29, 1.82) is 0 Å². The number of piperazine rings is 1. The molecule has 0 radical (unpaired) electrons. The molecule has 0 aliphatic carbocycles. The molecule has 1 aromatic heterocycles. The predicted octanol–water partition coefficient (Wildman–Crippen LogP) is 5.21. The predicted molar refractivity (Wildman–Crippen MR) is 165 cm³/mol. The number of rotatable bonds is 10. The van der Waals surface area contributed by atoms with Crippen LogP contribution in [-0.2, 0) is 12.8 Å². The van der Waals surface area contributed by atoms with Crippen molar-refractivity contribution in [3.05, 3.63) is 57.8 Å². The second kappa shape index (κ2) is 13.8. The molecule has 41 heavy (non-hydrogen) atoms. The van der Waals surface area contributed by atoms with Gasteiger partial charge in [-0.2, -0.15) is 0 Å². The first-order valence-electron chi connectivity index (χ1n) is 14.0. The molecule has 2 N–H and O–H groups in total. The van der Waals surface area contributed by atoms with Gasteiger partial charge in [0.25, 0.3) is 0 Å². The number of aryl methyl sites for hydroxylation is 1. The summed E-state index contributed by atoms with van der Waals surface area (Å²) in [7, 11) is 4.86. The van der Waals surface area contributed by atoms with Crippen LogP contribution in [-0.4, -0.2) is 81.5 Å². The highest BCUT2D eigenvalue weighted by atomic mass is 35.5. The highest BCUT2D eigenvalue weighted by Crippen LogP contribution is 2.41. The third kappa shape index (κ3) is 6.92. The van der Waals surface area contributed by atoms with Gasteiger partial charge in [-0.05, 0) is 48.9 Å². The molecule has 11 heteroatoms. The number of piperidine rings is 1. The van der Waals surface area contributed by atoms with Crippen LogP contribution in [0.15, 0.2) is 36.7 Å². The van der Waals surface area contributed by atoms with E-state index in [1.54, 1.807) is 27.4 Å². The van der Waals surface area contributed by atoms with Gasteiger partial charge in [0.05, 0.1) is 37.1 Å². The van der Waals surface area contributed by atoms with E-state index in [-0.39, 0.29) is 0 Å². The van der Waals surface area contributed by atoms with E-state index < -0.39 is 0 Å². The topological polar surface area (TPSA) is 84.0 Å². The molecule has 2 aromatic carbocycles. The Balaban J connectivity index is 1.19. The van der Waals surface area contributed by atoms with Gasteiger partial charge in [-0.15, -0.1) is 0 Å². The summed E-state index contributed by atoms with van der Waals surface area (Å²) in [5, 5.41) is 7.72. The Hall–Kier alpha value is -2.98. The third-order valence-electron chi connectivity index (χ3n) is 7.94. The van der Waals surface area contributed by atoms with Gasteiger partial charge in [0.15, 0.2) is 0 Å². The first-order valence-corrected chi connectivity index (χ1v) is 14.8. The molecule has 0 bridgehead atoms. The van der Waals surface area contributed by atoms with Crippen LogP contribution >= 0.6 is 23.2 Å². The van der Waals surface area contributed by atoms with E-state index in [0.29, 0.717) is 46.4 Å². The minimum Gasteiger partial charge on any atom is -0.495 e. The Bertz CT molecular complexity index is 1280. The second-order valence-corrected chi connectivity index (χ2v) is 11.1. The number of hydrogen-bond donors (Lipinski definition) is 2. The van der Waals surface area contributed by atoms with Crippen LogP contribution in [0.25, 0.3) is 0 Å². The third-order valence-corrected chi connectivity index (χ3v) is 8.77. The van der Waals surface area contributed by atoms with Crippen molar-refractivity contribution in [2.24, 2.45) is 0 Å². The molecule has 220 valence electrons. The quantitative estimate of drug-likeness (QED) is 0.325. The molecule has 0 spiro atoms. The SMILES string of the molecule is COc1cc(Nc2ncc(CCc3c(Cl)c(OC)cc(OC)c3Cl)cn2)ccc1N1CCC(N2CCNCC2)CC1. The summed E-state index contributed by atoms with van der Waals surface area (Å²) in [5.74, 6) is 2.41. The van der Waals surface area contributed by atoms with Crippen molar-refractivity contribution in [3.8, 4) is 17.2 Å². The van der Waals surface area contributed by atoms with Gasteiger partial charge in [-0.1, -0.05) is 23.2 Å². The van der Waals surface area contributed by atoms with Crippen LogP contribution in [0.4, 0.5) is 17.3 Å². The number of aromatic nitrogens is 2. The van der Waals surface area contributed by atoms with Crippen LogP contribution in [0.5, 0.6) is 17.2 Å². The van der Waals surface area contributed by atoms with Gasteiger partial charge in [0, 0.05) is 75.5 Å². The van der Waals surface area contributed by atoms with E-state index in [2.05, 4.69) is 42.5 Å². The first-order chi connectivity index (χ1) is 20.0. The maximum Gasteiger partial charge on any atom is 0.227 e. The number of nitrogens with zero attached hydrogens (tertiary/aromatic N) is 4. The van der Waals surface area contributed by atoms with Gasteiger partial charge >= 0.3 is 0 Å². The molecule has 2 aliphatic heterocycles. The summed E-state index contributed by atoms with van der Waals surface area (Å²) in [6, 6.07) is 8.55. The fourth-order valence-corrected chi connectivity index (χ4v) is 6.33. The van der Waals surface area contributed by atoms with Crippen LogP contribution < -0.4 is 29.7 Å². The fraction of sp³-hybridized carbons (Fsp3) is 0.467. The molecule has 0 atom stereocenters. The Morgan fingerprint density at radius 1 is 0.854 bits per heavy atom. The number of halogens is 2. The van der Waals surface area contributed by atoms with E-state index in [1.807, 2.05) is 18.5 Å². The van der Waals surface area contributed by atoms with Crippen molar-refractivity contribution < 1.29 is 14.2 Å². The minimum atomic E-state index is 0.485. The fourth-order valence-electron chi connectivity index (χ4n) is 5.64. The van der Waals surface area contributed by atoms with Crippen LogP contribution in [0.3, 0.4) is 0 Å². The molecule has 2 fully saturated rings. The Morgan fingerprint density at radius 3 is 2.10 bits per heavy atom. The van der Waals surface area contributed by atoms with Gasteiger partial charge < -0.3 is 29.7 Å². The van der Waals surface area contributed by atoms with E-state index in [0.717, 1.165) is 67.5 Å². The maximum absolute atomic E-state index is 6.53. The summed E-state index contributed by atoms with van der Waals surface area (Å²) < 4.78 is 16.5. The molecule has 0 amide bonds. The first kappa shape index (κ1) is 29.5. The number of anilines is 3. The largest absolute Gasteiger partial charge is 0.495 e. The van der Waals surface area contributed by atoms with Crippen molar-refractivity contribution in [2.45, 2.75) is 31.7 Å². The molecule has 9 nitrogen and oxygen atoms in total. The molecule has 3 heterocycles. The van der Waals surface area contributed by atoms with E-state index in [1.165, 1.54) is 12.8 Å². The van der Waals surface area contributed by atoms with Crippen LogP contribution in [0.1, 0.15) is 24.0 Å². The van der Waals surface area contributed by atoms with E-state index in [4.69, 9.17) is 37.4 Å². The molecule has 2 aliphatic rings. The average Bonchev–Trinajstić information content (AvgIpc) is 3.02. The normalized spacial score (nSPS) is 16.5. The maximum atomic E-state index is 6.53. The number of ether oxygens (including phenoxy) is 3. The number of benzene rings is 2. The Labute approximate surface area is 252 Å². The van der Waals surface area contributed by atoms with Gasteiger partial charge in [-0.25, -0.2) is 9.97 Å². The summed E-state index contributed by atoms with van der Waals surface area (Å²) >= 11 is 13.1. The second-order valence-electron chi connectivity index (χ2n) is 10.3. The molecule has 0 unspecified atom stereocenters. The van der Waals surface area contributed by atoms with Crippen molar-refractivity contribution in [3.63, 3.8) is 0 Å². The van der Waals surface area contributed by atoms with Gasteiger partial charge in [-0.3, -0.25) is 4.90 Å². The highest BCUT2D eigenvalue weighted by Gasteiger charge is 2.27. The summed E-state index contributed by atoms with van der Waals surface area (Å²) in [4.78, 5) is 14.1. The summed E-state index contributed by atoms with van der Waals surface area (Å²) in [6.07, 6.45) is 7.21. The van der Waals surface area contributed by atoms with E-state index in [9.17, 15) is 0 Å². The highest BCUT2D eigenvalue weighted by molar-refractivity contribution is 6.37. The smallest absolute Gasteiger partial charge is 0.227 e. The summed E-state index contributed by atoms with van der Waals surface area (Å²) in [6.45, 7) is 6.55. The molecule has 3 aromatic rings. The lowest BCUT2D eigenvalue weighted by Gasteiger charge is -2.41. The summed E-state index contributed by atoms with van der Waals surface area (Å²) in [5.41, 5.74) is 3.73. The van der Waals surface area contributed by atoms with Crippen LogP contribution in [0.2, 0.25) is 10.0 Å². The molecular formula is C30H38Cl2N6O3. The van der Waals surface area contributed by atoms with Crippen molar-refractivity contribution in [2.75, 3.05) is 70.8 Å². The Morgan fingerprint density at radius 2 is 1.49 bits per heavy atom. The zero-order valence-electron chi connectivity index (χ0n) is 23.9. The zero-order valence-corrected chi connectivity index (χ0v) is 25.4. The molecule has 5 rings (SSSR count). The monoisotopic (exact) mass is 600 g/mol. The lowest BCUT2D eigenvalue weighted by molar-refractivity contribution is 0.150. The van der Waals surface area contributed by atoms with E-state index >= 15 is 0 Å². The lowest BCUT2D eigenvalue weighted by atomic mass is 10.0. The Kier molecular flexibility index (Phi) is 9.92. The standard InChI is InChI=1S/C30H38Cl2N6O3/c1-39-25-16-21(5-7-24(25)38-12-8-22(9-13-38)37-14-10-33-11-15-37)36-30-34-18-20(19-35-30)4-6-23-28(31)26(40-2)17-27(41-3)29(23)32/h5,7,16-19,22,33H,4,6,8-15H2,1-3H3,(H,34,35,36). The van der Waals surface area contributed by atoms with Crippen molar-refractivity contribution in [1.82, 2.24) is 20.2 Å². The van der Waals surface area contributed by atoms with Gasteiger partial charge in [0.1, 0.15) is 17.2 Å². The number of nitrogens with one attached hydrogen (secondary N) is 2.